The second-order valence-corrected chi connectivity index (χ2v) is 7.31. The van der Waals surface area contributed by atoms with Gasteiger partial charge in [0.2, 0.25) is 5.78 Å². The van der Waals surface area contributed by atoms with E-state index in [0.717, 1.165) is 25.9 Å². The molecular weight excluding hydrogens is 400 g/mol. The highest BCUT2D eigenvalue weighted by Crippen LogP contribution is 2.35. The smallest absolute Gasteiger partial charge is 0.202 e. The average Bonchev–Trinajstić information content (AvgIpc) is 3.30. The Balaban J connectivity index is 1.67. The molecule has 0 radical (unpaired) electrons. The molecule has 0 spiro atoms. The quantitative estimate of drug-likeness (QED) is 0.624. The highest BCUT2D eigenvalue weighted by molar-refractivity contribution is 6.50. The summed E-state index contributed by atoms with van der Waals surface area (Å²) in [4.78, 5) is 40.2. The van der Waals surface area contributed by atoms with Crippen LogP contribution in [0.15, 0.2) is 35.2 Å². The van der Waals surface area contributed by atoms with Crippen LogP contribution in [-0.2, 0) is 14.3 Å². The molecule has 162 valence electrons. The Morgan fingerprint density at radius 1 is 1.06 bits per heavy atom. The van der Waals surface area contributed by atoms with Crippen LogP contribution in [0.2, 0.25) is 0 Å². The number of Topliss-reactive ketones (excluding diaryl/α,β-unsaturated/α-hetero) is 1. The Bertz CT molecular complexity index is 1070. The lowest BCUT2D eigenvalue weighted by atomic mass is 9.99. The minimum absolute atomic E-state index is 0.0397. The van der Waals surface area contributed by atoms with Gasteiger partial charge in [-0.1, -0.05) is 0 Å². The molecule has 0 saturated carbocycles. The first-order valence-electron chi connectivity index (χ1n) is 10.2. The van der Waals surface area contributed by atoms with Gasteiger partial charge in [-0.15, -0.1) is 0 Å². The Hall–Kier alpha value is -3.33. The number of rotatable bonds is 7. The predicted octanol–water partition coefficient (Wildman–Crippen LogP) is 2.26. The van der Waals surface area contributed by atoms with Crippen molar-refractivity contribution in [1.82, 2.24) is 14.9 Å². The maximum atomic E-state index is 12.7. The molecule has 2 aliphatic rings. The van der Waals surface area contributed by atoms with Gasteiger partial charge in [0, 0.05) is 37.7 Å². The van der Waals surface area contributed by atoms with Gasteiger partial charge < -0.3 is 19.1 Å². The lowest BCUT2D eigenvalue weighted by molar-refractivity contribution is -0.118. The van der Waals surface area contributed by atoms with Crippen molar-refractivity contribution in [2.75, 3.05) is 40.5 Å². The van der Waals surface area contributed by atoms with Crippen LogP contribution in [0.1, 0.15) is 19.3 Å². The Kier molecular flexibility index (Phi) is 6.22. The van der Waals surface area contributed by atoms with E-state index >= 15 is 0 Å². The molecule has 2 aromatic rings. The summed E-state index contributed by atoms with van der Waals surface area (Å²) in [6.45, 7) is 2.42. The number of carbonyl (C=O) groups is 2. The van der Waals surface area contributed by atoms with Crippen LogP contribution in [0.3, 0.4) is 0 Å². The summed E-state index contributed by atoms with van der Waals surface area (Å²) < 4.78 is 16.1. The number of aliphatic imine (C=N–C) groups is 1. The molecule has 1 aromatic heterocycles. The summed E-state index contributed by atoms with van der Waals surface area (Å²) in [5.41, 5.74) is 1.26. The molecule has 4 rings (SSSR count). The fraction of sp³-hybridized carbons (Fsp3) is 0.409. The number of hydrogen-bond acceptors (Lipinski definition) is 9. The van der Waals surface area contributed by atoms with Crippen LogP contribution in [0, 0.1) is 0 Å². The van der Waals surface area contributed by atoms with Gasteiger partial charge in [-0.25, -0.2) is 15.0 Å². The standard InChI is InChI=1S/C22H24N4O5/c1-29-7-8-31-21-11-15-14(9-20(21)30-2)22(24-13-23-15)25-16-10-19(28)17(12-18(16)27)26-5-3-4-6-26/h9,11-13H,3-8,10H2,1-2H3. The largest absolute Gasteiger partial charge is 0.493 e. The van der Waals surface area contributed by atoms with Crippen molar-refractivity contribution in [3.63, 3.8) is 0 Å². The normalized spacial score (nSPS) is 18.1. The monoisotopic (exact) mass is 424 g/mol. The fourth-order valence-corrected chi connectivity index (χ4v) is 3.71. The summed E-state index contributed by atoms with van der Waals surface area (Å²) in [5, 5.41) is 0.598. The number of likely N-dealkylation sites (tertiary alicyclic amines) is 1. The minimum Gasteiger partial charge on any atom is -0.493 e. The number of aromatic nitrogens is 2. The molecule has 1 fully saturated rings. The molecule has 9 heteroatoms. The Labute approximate surface area is 179 Å². The fourth-order valence-electron chi connectivity index (χ4n) is 3.71. The van der Waals surface area contributed by atoms with E-state index in [2.05, 4.69) is 15.0 Å². The van der Waals surface area contributed by atoms with Gasteiger partial charge in [0.15, 0.2) is 23.1 Å². The number of hydrogen-bond donors (Lipinski definition) is 0. The summed E-state index contributed by atoms with van der Waals surface area (Å²) in [7, 11) is 3.13. The molecule has 9 nitrogen and oxygen atoms in total. The lowest BCUT2D eigenvalue weighted by Crippen LogP contribution is -2.32. The van der Waals surface area contributed by atoms with E-state index < -0.39 is 0 Å². The SMILES string of the molecule is COCCOc1cc2ncnc(N=C3CC(=O)C(N4CCCC4)=CC3=O)c2cc1OC. The first-order chi connectivity index (χ1) is 15.1. The molecule has 1 aliphatic heterocycles. The minimum atomic E-state index is -0.264. The summed E-state index contributed by atoms with van der Waals surface area (Å²) in [5.74, 6) is 0.958. The number of benzene rings is 1. The van der Waals surface area contributed by atoms with Crippen molar-refractivity contribution in [3.8, 4) is 11.5 Å². The van der Waals surface area contributed by atoms with E-state index in [4.69, 9.17) is 14.2 Å². The number of fused-ring (bicyclic) bond motifs is 1. The highest BCUT2D eigenvalue weighted by Gasteiger charge is 2.29. The maximum absolute atomic E-state index is 12.7. The van der Waals surface area contributed by atoms with Gasteiger partial charge in [0.05, 0.1) is 37.1 Å². The van der Waals surface area contributed by atoms with Crippen LogP contribution in [0.25, 0.3) is 10.9 Å². The molecule has 2 heterocycles. The van der Waals surface area contributed by atoms with E-state index in [1.54, 1.807) is 19.2 Å². The Morgan fingerprint density at radius 3 is 2.61 bits per heavy atom. The van der Waals surface area contributed by atoms with Crippen molar-refractivity contribution >= 4 is 34.0 Å². The first-order valence-corrected chi connectivity index (χ1v) is 10.2. The molecule has 31 heavy (non-hydrogen) atoms. The third-order valence-corrected chi connectivity index (χ3v) is 5.30. The first kappa shape index (κ1) is 20.9. The van der Waals surface area contributed by atoms with Crippen LogP contribution < -0.4 is 9.47 Å². The van der Waals surface area contributed by atoms with Crippen LogP contribution >= 0.6 is 0 Å². The van der Waals surface area contributed by atoms with E-state index in [1.807, 2.05) is 4.90 Å². The molecule has 0 bridgehead atoms. The number of allylic oxidation sites excluding steroid dienone is 2. The van der Waals surface area contributed by atoms with E-state index in [1.165, 1.54) is 19.5 Å². The number of carbonyl (C=O) groups excluding carboxylic acids is 2. The molecule has 1 aromatic carbocycles. The van der Waals surface area contributed by atoms with Gasteiger partial charge >= 0.3 is 0 Å². The number of methoxy groups -OCH3 is 2. The highest BCUT2D eigenvalue weighted by atomic mass is 16.5. The topological polar surface area (TPSA) is 103 Å². The zero-order chi connectivity index (χ0) is 21.8. The van der Waals surface area contributed by atoms with Crippen molar-refractivity contribution in [2.45, 2.75) is 19.3 Å². The maximum Gasteiger partial charge on any atom is 0.202 e. The third kappa shape index (κ3) is 4.41. The lowest BCUT2D eigenvalue weighted by Gasteiger charge is -2.23. The van der Waals surface area contributed by atoms with Gasteiger partial charge in [-0.3, -0.25) is 9.59 Å². The predicted molar refractivity (Wildman–Crippen MR) is 114 cm³/mol. The van der Waals surface area contributed by atoms with Crippen molar-refractivity contribution in [2.24, 2.45) is 4.99 Å². The second-order valence-electron chi connectivity index (χ2n) is 7.31. The van der Waals surface area contributed by atoms with Gasteiger partial charge in [0.25, 0.3) is 0 Å². The average molecular weight is 424 g/mol. The molecular formula is C22H24N4O5. The van der Waals surface area contributed by atoms with E-state index in [-0.39, 0.29) is 23.7 Å². The van der Waals surface area contributed by atoms with Gasteiger partial charge in [-0.2, -0.15) is 0 Å². The second kappa shape index (κ2) is 9.22. The summed E-state index contributed by atoms with van der Waals surface area (Å²) in [6, 6.07) is 3.45. The van der Waals surface area contributed by atoms with Gasteiger partial charge in [0.1, 0.15) is 12.9 Å². The molecule has 0 N–H and O–H groups in total. The molecule has 0 amide bonds. The molecule has 0 atom stereocenters. The third-order valence-electron chi connectivity index (χ3n) is 5.30. The zero-order valence-electron chi connectivity index (χ0n) is 17.6. The zero-order valence-corrected chi connectivity index (χ0v) is 17.6. The summed E-state index contributed by atoms with van der Waals surface area (Å²) >= 11 is 0. The van der Waals surface area contributed by atoms with E-state index in [0.29, 0.717) is 47.1 Å². The van der Waals surface area contributed by atoms with Gasteiger partial charge in [-0.05, 0) is 18.9 Å². The van der Waals surface area contributed by atoms with Crippen LogP contribution in [0.4, 0.5) is 5.82 Å². The summed E-state index contributed by atoms with van der Waals surface area (Å²) in [6.07, 6.45) is 4.80. The molecule has 0 unspecified atom stereocenters. The van der Waals surface area contributed by atoms with Crippen LogP contribution in [-0.4, -0.2) is 72.7 Å². The Morgan fingerprint density at radius 2 is 1.87 bits per heavy atom. The molecule has 1 saturated heterocycles. The number of ketones is 2. The van der Waals surface area contributed by atoms with E-state index in [9.17, 15) is 9.59 Å². The van der Waals surface area contributed by atoms with Crippen molar-refractivity contribution in [3.05, 3.63) is 30.2 Å². The number of nitrogens with zero attached hydrogens (tertiary/aromatic N) is 4. The van der Waals surface area contributed by atoms with Crippen molar-refractivity contribution < 1.29 is 23.8 Å². The number of ether oxygens (including phenoxy) is 3. The van der Waals surface area contributed by atoms with Crippen LogP contribution in [0.5, 0.6) is 11.5 Å². The molecule has 1 aliphatic carbocycles. The van der Waals surface area contributed by atoms with Crippen molar-refractivity contribution in [1.29, 1.82) is 0 Å².